The van der Waals surface area contributed by atoms with E-state index in [0.29, 0.717) is 23.4 Å². The second-order valence-corrected chi connectivity index (χ2v) is 14.2. The number of benzene rings is 3. The van der Waals surface area contributed by atoms with Gasteiger partial charge < -0.3 is 19.9 Å². The van der Waals surface area contributed by atoms with Crippen LogP contribution in [0.5, 0.6) is 0 Å². The van der Waals surface area contributed by atoms with Gasteiger partial charge in [0.2, 0.25) is 5.91 Å². The summed E-state index contributed by atoms with van der Waals surface area (Å²) in [6.07, 6.45) is 4.04. The number of carbonyl (C=O) groups is 1. The molecule has 2 N–H and O–H groups in total. The van der Waals surface area contributed by atoms with Crippen molar-refractivity contribution >= 4 is 5.91 Å². The van der Waals surface area contributed by atoms with E-state index in [9.17, 15) is 9.90 Å². The lowest BCUT2D eigenvalue weighted by molar-refractivity contribution is -0.253. The van der Waals surface area contributed by atoms with Crippen LogP contribution < -0.4 is 5.32 Å². The van der Waals surface area contributed by atoms with E-state index in [1.54, 1.807) is 0 Å². The molecule has 3 aromatic carbocycles. The molecule has 5 unspecified atom stereocenters. The molecule has 2 bridgehead atoms. The summed E-state index contributed by atoms with van der Waals surface area (Å²) in [6, 6.07) is 25.5. The van der Waals surface area contributed by atoms with Gasteiger partial charge in [0, 0.05) is 44.6 Å². The lowest BCUT2D eigenvalue weighted by Gasteiger charge is -2.41. The van der Waals surface area contributed by atoms with Gasteiger partial charge in [-0.15, -0.1) is 0 Å². The maximum Gasteiger partial charge on any atom is 0.217 e. The Hall–Kier alpha value is -3.03. The Balaban J connectivity index is 1.25. The molecule has 2 saturated heterocycles. The third-order valence-electron chi connectivity index (χ3n) is 9.54. The molecule has 228 valence electrons. The van der Waals surface area contributed by atoms with Crippen LogP contribution in [0.25, 0.3) is 11.1 Å². The highest BCUT2D eigenvalue weighted by molar-refractivity contribution is 5.73. The SMILES string of the molecule is CC(=O)NCc1cccc(-c2cccc(C3OC(CN4CC5(C)CC4CC(C)(C)C5)CC(c4ccc(CO)cc4)O3)c2)c1. The van der Waals surface area contributed by atoms with Crippen molar-refractivity contribution in [1.29, 1.82) is 0 Å². The molecule has 1 aliphatic carbocycles. The van der Waals surface area contributed by atoms with Gasteiger partial charge in [-0.05, 0) is 70.0 Å². The zero-order chi connectivity index (χ0) is 30.2. The molecular formula is C37H46N2O4. The maximum atomic E-state index is 11.4. The first kappa shape index (κ1) is 30.0. The minimum absolute atomic E-state index is 0.0322. The summed E-state index contributed by atoms with van der Waals surface area (Å²) in [6.45, 7) is 11.4. The largest absolute Gasteiger partial charge is 0.392 e. The van der Waals surface area contributed by atoms with Crippen molar-refractivity contribution in [3.8, 4) is 11.1 Å². The molecular weight excluding hydrogens is 536 g/mol. The third-order valence-corrected chi connectivity index (χ3v) is 9.54. The molecule has 6 rings (SSSR count). The molecule has 3 aromatic rings. The summed E-state index contributed by atoms with van der Waals surface area (Å²) < 4.78 is 13.5. The molecule has 5 atom stereocenters. The fraction of sp³-hybridized carbons (Fsp3) is 0.486. The predicted octanol–water partition coefficient (Wildman–Crippen LogP) is 6.93. The smallest absolute Gasteiger partial charge is 0.217 e. The fourth-order valence-corrected chi connectivity index (χ4v) is 8.04. The zero-order valence-electron chi connectivity index (χ0n) is 26.0. The molecule has 1 saturated carbocycles. The number of nitrogens with one attached hydrogen (secondary N) is 1. The molecule has 0 radical (unpaired) electrons. The summed E-state index contributed by atoms with van der Waals surface area (Å²) in [7, 11) is 0. The van der Waals surface area contributed by atoms with Crippen LogP contribution in [0.3, 0.4) is 0 Å². The Bertz CT molecular complexity index is 1440. The maximum absolute atomic E-state index is 11.4. The first-order valence-corrected chi connectivity index (χ1v) is 15.8. The van der Waals surface area contributed by atoms with Crippen LogP contribution in [0.15, 0.2) is 72.8 Å². The number of fused-ring (bicyclic) bond motifs is 2. The van der Waals surface area contributed by atoms with E-state index in [-0.39, 0.29) is 24.7 Å². The van der Waals surface area contributed by atoms with E-state index < -0.39 is 6.29 Å². The highest BCUT2D eigenvalue weighted by Crippen LogP contribution is 2.53. The Labute approximate surface area is 256 Å². The predicted molar refractivity (Wildman–Crippen MR) is 169 cm³/mol. The van der Waals surface area contributed by atoms with Gasteiger partial charge >= 0.3 is 0 Å². The highest BCUT2D eigenvalue weighted by atomic mass is 16.7. The number of aliphatic hydroxyl groups excluding tert-OH is 1. The number of hydrogen-bond acceptors (Lipinski definition) is 5. The van der Waals surface area contributed by atoms with E-state index in [1.807, 2.05) is 24.3 Å². The van der Waals surface area contributed by atoms with Crippen molar-refractivity contribution in [2.24, 2.45) is 10.8 Å². The number of ether oxygens (including phenoxy) is 2. The van der Waals surface area contributed by atoms with E-state index in [4.69, 9.17) is 9.47 Å². The van der Waals surface area contributed by atoms with E-state index >= 15 is 0 Å². The monoisotopic (exact) mass is 582 g/mol. The molecule has 0 aromatic heterocycles. The number of carbonyl (C=O) groups excluding carboxylic acids is 1. The van der Waals surface area contributed by atoms with Crippen LogP contribution in [-0.4, -0.2) is 41.1 Å². The normalized spacial score (nSPS) is 28.5. The average molecular weight is 583 g/mol. The minimum Gasteiger partial charge on any atom is -0.392 e. The van der Waals surface area contributed by atoms with Crippen molar-refractivity contribution in [3.05, 3.63) is 95.1 Å². The van der Waals surface area contributed by atoms with Gasteiger partial charge in [0.1, 0.15) is 0 Å². The van der Waals surface area contributed by atoms with Crippen LogP contribution >= 0.6 is 0 Å². The third kappa shape index (κ3) is 7.04. The van der Waals surface area contributed by atoms with Crippen molar-refractivity contribution < 1.29 is 19.4 Å². The van der Waals surface area contributed by atoms with Crippen molar-refractivity contribution in [2.45, 2.75) is 91.1 Å². The quantitative estimate of drug-likeness (QED) is 0.302. The first-order chi connectivity index (χ1) is 20.6. The fourth-order valence-electron chi connectivity index (χ4n) is 8.04. The summed E-state index contributed by atoms with van der Waals surface area (Å²) >= 11 is 0. The summed E-state index contributed by atoms with van der Waals surface area (Å²) in [5.74, 6) is -0.0377. The number of nitrogens with zero attached hydrogens (tertiary/aromatic N) is 1. The zero-order valence-corrected chi connectivity index (χ0v) is 26.0. The van der Waals surface area contributed by atoms with Gasteiger partial charge in [-0.1, -0.05) is 81.4 Å². The number of hydrogen-bond donors (Lipinski definition) is 2. The molecule has 3 fully saturated rings. The molecule has 6 heteroatoms. The molecule has 0 spiro atoms. The molecule has 2 aliphatic heterocycles. The van der Waals surface area contributed by atoms with Crippen molar-refractivity contribution in [2.75, 3.05) is 13.1 Å². The molecule has 3 aliphatic rings. The topological polar surface area (TPSA) is 71.0 Å². The van der Waals surface area contributed by atoms with Gasteiger partial charge in [-0.2, -0.15) is 0 Å². The van der Waals surface area contributed by atoms with Crippen LogP contribution in [0.2, 0.25) is 0 Å². The van der Waals surface area contributed by atoms with Crippen LogP contribution in [-0.2, 0) is 27.4 Å². The van der Waals surface area contributed by atoms with Crippen LogP contribution in [0.1, 0.15) is 88.0 Å². The number of likely N-dealkylation sites (tertiary alicyclic amines) is 1. The Morgan fingerprint density at radius 3 is 2.42 bits per heavy atom. The summed E-state index contributed by atoms with van der Waals surface area (Å²) in [4.78, 5) is 14.1. The van der Waals surface area contributed by atoms with Gasteiger partial charge in [-0.3, -0.25) is 9.69 Å². The van der Waals surface area contributed by atoms with E-state index in [0.717, 1.165) is 52.9 Å². The van der Waals surface area contributed by atoms with Gasteiger partial charge in [0.05, 0.1) is 18.8 Å². The van der Waals surface area contributed by atoms with Crippen molar-refractivity contribution in [3.63, 3.8) is 0 Å². The second kappa shape index (κ2) is 12.2. The van der Waals surface area contributed by atoms with Crippen LogP contribution in [0.4, 0.5) is 0 Å². The van der Waals surface area contributed by atoms with Gasteiger partial charge in [0.25, 0.3) is 0 Å². The first-order valence-electron chi connectivity index (χ1n) is 15.8. The van der Waals surface area contributed by atoms with E-state index in [2.05, 4.69) is 79.5 Å². The lowest BCUT2D eigenvalue weighted by atomic mass is 9.65. The van der Waals surface area contributed by atoms with Gasteiger partial charge in [-0.25, -0.2) is 0 Å². The second-order valence-electron chi connectivity index (χ2n) is 14.2. The number of rotatable bonds is 8. The molecule has 1 amide bonds. The molecule has 43 heavy (non-hydrogen) atoms. The van der Waals surface area contributed by atoms with Crippen LogP contribution in [0, 0.1) is 10.8 Å². The highest BCUT2D eigenvalue weighted by Gasteiger charge is 2.50. The Morgan fingerprint density at radius 1 is 0.930 bits per heavy atom. The average Bonchev–Trinajstić information content (AvgIpc) is 3.23. The lowest BCUT2D eigenvalue weighted by Crippen LogP contribution is -2.42. The van der Waals surface area contributed by atoms with Crippen molar-refractivity contribution in [1.82, 2.24) is 10.2 Å². The number of aliphatic hydroxyl groups is 1. The summed E-state index contributed by atoms with van der Waals surface area (Å²) in [5.41, 5.74) is 7.00. The standard InChI is InChI=1S/C37H46N2O4/c1-25(41)38-20-27-7-5-8-29(15-27)30-9-6-10-31(16-30)35-42-33(17-34(43-35)28-13-11-26(22-40)12-14-28)21-39-24-37(4)19-32(39)18-36(2,3)23-37/h5-16,32-35,40H,17-24H2,1-4H3,(H,38,41). The molecule has 6 nitrogen and oxygen atoms in total. The number of amides is 1. The van der Waals surface area contributed by atoms with Gasteiger partial charge in [0.15, 0.2) is 6.29 Å². The Morgan fingerprint density at radius 2 is 1.67 bits per heavy atom. The molecule has 2 heterocycles. The Kier molecular flexibility index (Phi) is 8.49. The van der Waals surface area contributed by atoms with E-state index in [1.165, 1.54) is 26.2 Å². The minimum atomic E-state index is -0.488. The summed E-state index contributed by atoms with van der Waals surface area (Å²) in [5, 5.41) is 12.5.